The van der Waals surface area contributed by atoms with Crippen molar-refractivity contribution >= 4 is 11.8 Å². The number of carbonyl (C=O) groups is 1. The molecule has 2 rings (SSSR count). The van der Waals surface area contributed by atoms with E-state index in [2.05, 4.69) is 16.7 Å². The fourth-order valence-electron chi connectivity index (χ4n) is 2.12. The molecule has 20 heavy (non-hydrogen) atoms. The highest BCUT2D eigenvalue weighted by atomic mass is 19.1. The quantitative estimate of drug-likeness (QED) is 0.668. The van der Waals surface area contributed by atoms with Crippen molar-refractivity contribution in [2.45, 2.75) is 19.4 Å². The van der Waals surface area contributed by atoms with Crippen LogP contribution in [0.25, 0.3) is 0 Å². The summed E-state index contributed by atoms with van der Waals surface area (Å²) in [4.78, 5) is 13.9. The molecule has 0 aliphatic carbocycles. The van der Waals surface area contributed by atoms with Crippen molar-refractivity contribution in [3.05, 3.63) is 30.1 Å². The first-order valence-corrected chi connectivity index (χ1v) is 6.60. The van der Waals surface area contributed by atoms with E-state index in [9.17, 15) is 9.18 Å². The Kier molecular flexibility index (Phi) is 5.10. The molecule has 1 aromatic carbocycles. The molecule has 0 radical (unpaired) electrons. The predicted molar refractivity (Wildman–Crippen MR) is 72.8 cm³/mol. The summed E-state index contributed by atoms with van der Waals surface area (Å²) in [7, 11) is 0. The lowest BCUT2D eigenvalue weighted by Crippen LogP contribution is -2.82. The summed E-state index contributed by atoms with van der Waals surface area (Å²) < 4.78 is 18.1. The summed E-state index contributed by atoms with van der Waals surface area (Å²) in [6.45, 7) is 4.14. The van der Waals surface area contributed by atoms with Gasteiger partial charge in [0, 0.05) is 25.2 Å². The van der Waals surface area contributed by atoms with E-state index in [1.165, 1.54) is 17.4 Å². The maximum atomic E-state index is 12.7. The second-order valence-electron chi connectivity index (χ2n) is 4.71. The number of hydrogen-bond donors (Lipinski definition) is 1. The molecule has 1 aliphatic heterocycles. The van der Waals surface area contributed by atoms with E-state index in [-0.39, 0.29) is 18.0 Å². The van der Waals surface area contributed by atoms with Crippen molar-refractivity contribution in [2.24, 2.45) is 0 Å². The van der Waals surface area contributed by atoms with Crippen LogP contribution in [-0.4, -0.2) is 36.7 Å². The highest BCUT2D eigenvalue weighted by Crippen LogP contribution is 2.11. The van der Waals surface area contributed by atoms with E-state index in [1.54, 1.807) is 12.1 Å². The van der Waals surface area contributed by atoms with Gasteiger partial charge in [-0.25, -0.2) is 9.71 Å². The molecule has 1 aromatic rings. The van der Waals surface area contributed by atoms with Gasteiger partial charge >= 0.3 is 6.09 Å². The molecule has 1 heterocycles. The van der Waals surface area contributed by atoms with Gasteiger partial charge in [0.05, 0.1) is 6.54 Å². The van der Waals surface area contributed by atoms with Gasteiger partial charge in [-0.05, 0) is 25.5 Å². The van der Waals surface area contributed by atoms with Crippen LogP contribution in [0.15, 0.2) is 24.3 Å². The Morgan fingerprint density at radius 3 is 2.95 bits per heavy atom. The summed E-state index contributed by atoms with van der Waals surface area (Å²) in [6.07, 6.45) is 0.358. The van der Waals surface area contributed by atoms with Gasteiger partial charge in [0.15, 0.2) is 0 Å². The van der Waals surface area contributed by atoms with Gasteiger partial charge in [-0.15, -0.1) is 5.92 Å². The number of ether oxygens (including phenoxy) is 1. The Morgan fingerprint density at radius 1 is 1.50 bits per heavy atom. The zero-order valence-corrected chi connectivity index (χ0v) is 11.4. The number of primary amides is 1. The maximum absolute atomic E-state index is 12.7. The van der Waals surface area contributed by atoms with E-state index in [4.69, 9.17) is 4.74 Å². The topological polar surface area (TPSA) is 46.1 Å². The third kappa shape index (κ3) is 4.34. The molecule has 106 valence electrons. The van der Waals surface area contributed by atoms with Crippen LogP contribution in [0.4, 0.5) is 14.9 Å². The molecule has 5 heteroatoms. The standard InChI is InChI=1S/C15H17FN2O2/c1-2-3-9-18-10-8-14(11-18)20-15(19)17-13-6-4-12(16)5-7-13/h4-7,14H,8-11H2,1H3,(H,17,19)/p+1. The number of benzene rings is 1. The number of hydrogen-bond acceptors (Lipinski definition) is 3. The molecule has 1 fully saturated rings. The number of halogens is 1. The Labute approximate surface area is 117 Å². The molecule has 1 amide bonds. The average Bonchev–Trinajstić information content (AvgIpc) is 2.86. The second kappa shape index (κ2) is 7.04. The van der Waals surface area contributed by atoms with Gasteiger partial charge < -0.3 is 4.74 Å². The second-order valence-corrected chi connectivity index (χ2v) is 4.71. The van der Waals surface area contributed by atoms with Gasteiger partial charge in [-0.2, -0.15) is 4.79 Å². The minimum atomic E-state index is -0.384. The fraction of sp³-hybridized carbons (Fsp3) is 0.400. The first kappa shape index (κ1) is 14.5. The van der Waals surface area contributed by atoms with Crippen LogP contribution >= 0.6 is 0 Å². The third-order valence-corrected chi connectivity index (χ3v) is 3.15. The Morgan fingerprint density at radius 2 is 2.25 bits per heavy atom. The Balaban J connectivity index is 1.77. The molecule has 1 unspecified atom stereocenters. The summed E-state index contributed by atoms with van der Waals surface area (Å²) in [5, 5.41) is 1.38. The number of quaternary nitrogens is 1. The largest absolute Gasteiger partial charge is 0.518 e. The average molecular weight is 277 g/mol. The van der Waals surface area contributed by atoms with Crippen LogP contribution in [0.3, 0.4) is 0 Å². The monoisotopic (exact) mass is 277 g/mol. The molecule has 4 nitrogen and oxygen atoms in total. The van der Waals surface area contributed by atoms with E-state index >= 15 is 0 Å². The van der Waals surface area contributed by atoms with Crippen molar-refractivity contribution in [3.8, 4) is 11.8 Å². The molecular weight excluding hydrogens is 259 g/mol. The normalized spacial score (nSPS) is 18.4. The van der Waals surface area contributed by atoms with Crippen molar-refractivity contribution in [3.63, 3.8) is 0 Å². The molecular formula is C15H18FN2O2+. The van der Waals surface area contributed by atoms with Gasteiger partial charge in [0.2, 0.25) is 0 Å². The van der Waals surface area contributed by atoms with Crippen LogP contribution in [0.2, 0.25) is 0 Å². The van der Waals surface area contributed by atoms with Crippen molar-refractivity contribution in [2.75, 3.05) is 19.6 Å². The van der Waals surface area contributed by atoms with Crippen LogP contribution in [0.5, 0.6) is 0 Å². The summed E-state index contributed by atoms with van der Waals surface area (Å²) in [5.41, 5.74) is 0.642. The SMILES string of the molecule is CC#CCN1CCC(OC(=O)[NH2+]c2ccc(F)cc2)C1. The molecule has 1 aliphatic rings. The zero-order valence-electron chi connectivity index (χ0n) is 11.4. The Bertz CT molecular complexity index is 519. The highest BCUT2D eigenvalue weighted by Gasteiger charge is 2.26. The van der Waals surface area contributed by atoms with E-state index < -0.39 is 0 Å². The van der Waals surface area contributed by atoms with E-state index in [0.29, 0.717) is 12.2 Å². The van der Waals surface area contributed by atoms with Crippen molar-refractivity contribution < 1.29 is 19.2 Å². The summed E-state index contributed by atoms with van der Waals surface area (Å²) in [6, 6.07) is 5.74. The molecule has 2 N–H and O–H groups in total. The predicted octanol–water partition coefficient (Wildman–Crippen LogP) is 1.25. The van der Waals surface area contributed by atoms with Crippen molar-refractivity contribution in [1.29, 1.82) is 0 Å². The van der Waals surface area contributed by atoms with Gasteiger partial charge in [-0.3, -0.25) is 4.90 Å². The third-order valence-electron chi connectivity index (χ3n) is 3.15. The molecule has 0 spiro atoms. The first-order valence-electron chi connectivity index (χ1n) is 6.60. The molecule has 0 bridgehead atoms. The number of rotatable bonds is 3. The lowest BCUT2D eigenvalue weighted by Gasteiger charge is -2.12. The molecule has 0 saturated carbocycles. The van der Waals surface area contributed by atoms with Gasteiger partial charge in [0.25, 0.3) is 0 Å². The number of amides is 1. The van der Waals surface area contributed by atoms with Crippen molar-refractivity contribution in [1.82, 2.24) is 4.90 Å². The van der Waals surface area contributed by atoms with Crippen LogP contribution in [0.1, 0.15) is 13.3 Å². The molecule has 1 saturated heterocycles. The summed E-state index contributed by atoms with van der Waals surface area (Å²) in [5.74, 6) is 5.53. The smallest absolute Gasteiger partial charge is 0.415 e. The zero-order chi connectivity index (χ0) is 14.4. The number of nitrogens with zero attached hydrogens (tertiary/aromatic N) is 1. The minimum absolute atomic E-state index is 0.0853. The van der Waals surface area contributed by atoms with E-state index in [1.807, 2.05) is 6.92 Å². The van der Waals surface area contributed by atoms with Crippen LogP contribution in [-0.2, 0) is 4.74 Å². The van der Waals surface area contributed by atoms with Gasteiger partial charge in [0.1, 0.15) is 17.6 Å². The lowest BCUT2D eigenvalue weighted by atomic mass is 10.3. The number of likely N-dealkylation sites (tertiary alicyclic amines) is 1. The molecule has 1 atom stereocenters. The highest BCUT2D eigenvalue weighted by molar-refractivity contribution is 5.59. The lowest BCUT2D eigenvalue weighted by molar-refractivity contribution is -0.484. The number of nitrogens with two attached hydrogens (primary N) is 1. The first-order chi connectivity index (χ1) is 9.67. The van der Waals surface area contributed by atoms with Gasteiger partial charge in [-0.1, -0.05) is 5.92 Å². The van der Waals surface area contributed by atoms with Crippen LogP contribution in [0, 0.1) is 17.7 Å². The molecule has 0 aromatic heterocycles. The summed E-state index contributed by atoms with van der Waals surface area (Å²) >= 11 is 0. The van der Waals surface area contributed by atoms with E-state index in [0.717, 1.165) is 19.5 Å². The van der Waals surface area contributed by atoms with Crippen LogP contribution < -0.4 is 5.32 Å². The Hall–Kier alpha value is -1.90. The minimum Gasteiger partial charge on any atom is -0.415 e. The fourth-order valence-corrected chi connectivity index (χ4v) is 2.12. The number of carbonyl (C=O) groups excluding carboxylic acids is 1. The maximum Gasteiger partial charge on any atom is 0.518 e.